The van der Waals surface area contributed by atoms with Crippen molar-refractivity contribution in [3.63, 3.8) is 0 Å². The van der Waals surface area contributed by atoms with Crippen LogP contribution in [-0.2, 0) is 14.6 Å². The minimum atomic E-state index is -3.05. The molecule has 0 radical (unpaired) electrons. The van der Waals surface area contributed by atoms with Gasteiger partial charge >= 0.3 is 0 Å². The van der Waals surface area contributed by atoms with Crippen molar-refractivity contribution in [2.45, 2.75) is 19.4 Å². The summed E-state index contributed by atoms with van der Waals surface area (Å²) in [4.78, 5) is 24.8. The van der Waals surface area contributed by atoms with Crippen LogP contribution in [0.5, 0.6) is 0 Å². The van der Waals surface area contributed by atoms with E-state index in [0.717, 1.165) is 0 Å². The van der Waals surface area contributed by atoms with Gasteiger partial charge in [0.15, 0.2) is 15.6 Å². The highest BCUT2D eigenvalue weighted by Gasteiger charge is 2.33. The third-order valence-corrected chi connectivity index (χ3v) is 5.19. The fourth-order valence-electron chi connectivity index (χ4n) is 2.40. The van der Waals surface area contributed by atoms with Gasteiger partial charge in [0.05, 0.1) is 17.8 Å². The van der Waals surface area contributed by atoms with Gasteiger partial charge in [-0.1, -0.05) is 0 Å². The van der Waals surface area contributed by atoms with Gasteiger partial charge in [0, 0.05) is 26.1 Å². The van der Waals surface area contributed by atoms with E-state index in [1.165, 1.54) is 18.1 Å². The number of carbonyl (C=O) groups is 2. The van der Waals surface area contributed by atoms with E-state index >= 15 is 0 Å². The van der Waals surface area contributed by atoms with Gasteiger partial charge in [0.1, 0.15) is 0 Å². The molecular formula is C13H18N2O5S. The number of carbonyl (C=O) groups excluding carboxylic acids is 2. The summed E-state index contributed by atoms with van der Waals surface area (Å²) in [6.07, 6.45) is 1.86. The summed E-state index contributed by atoms with van der Waals surface area (Å²) in [5, 5.41) is 2.64. The van der Waals surface area contributed by atoms with Crippen LogP contribution in [0.2, 0.25) is 0 Å². The molecule has 2 rings (SSSR count). The zero-order valence-electron chi connectivity index (χ0n) is 11.7. The Labute approximate surface area is 123 Å². The van der Waals surface area contributed by atoms with Crippen LogP contribution in [0.15, 0.2) is 22.8 Å². The van der Waals surface area contributed by atoms with Crippen LogP contribution >= 0.6 is 0 Å². The smallest absolute Gasteiger partial charge is 0.287 e. The molecule has 0 saturated carbocycles. The Balaban J connectivity index is 1.87. The minimum Gasteiger partial charge on any atom is -0.459 e. The van der Waals surface area contributed by atoms with Gasteiger partial charge in [-0.3, -0.25) is 9.59 Å². The Bertz CT molecular complexity index is 609. The van der Waals surface area contributed by atoms with Crippen molar-refractivity contribution < 1.29 is 22.4 Å². The zero-order valence-corrected chi connectivity index (χ0v) is 12.6. The Hall–Kier alpha value is -1.83. The molecule has 1 aromatic rings. The summed E-state index contributed by atoms with van der Waals surface area (Å²) in [5.74, 6) is -0.237. The molecular weight excluding hydrogens is 296 g/mol. The lowest BCUT2D eigenvalue weighted by atomic mass is 10.2. The first-order valence-corrected chi connectivity index (χ1v) is 8.50. The molecule has 1 fully saturated rings. The first kappa shape index (κ1) is 15.6. The number of hydrogen-bond acceptors (Lipinski definition) is 5. The second-order valence-electron chi connectivity index (χ2n) is 5.00. The number of sulfone groups is 1. The van der Waals surface area contributed by atoms with Crippen LogP contribution in [-0.4, -0.2) is 55.8 Å². The fraction of sp³-hybridized carbons (Fsp3) is 0.538. The maximum Gasteiger partial charge on any atom is 0.287 e. The van der Waals surface area contributed by atoms with Crippen molar-refractivity contribution in [2.24, 2.45) is 0 Å². The fourth-order valence-corrected chi connectivity index (χ4v) is 4.13. The van der Waals surface area contributed by atoms with Gasteiger partial charge in [-0.05, 0) is 18.6 Å². The predicted octanol–water partition coefficient (Wildman–Crippen LogP) is 0.0450. The Morgan fingerprint density at radius 1 is 1.48 bits per heavy atom. The van der Waals surface area contributed by atoms with Crippen LogP contribution in [0.1, 0.15) is 23.9 Å². The first-order chi connectivity index (χ1) is 9.89. The summed E-state index contributed by atoms with van der Waals surface area (Å²) in [7, 11) is -3.05. The highest BCUT2D eigenvalue weighted by molar-refractivity contribution is 7.91. The molecule has 1 saturated heterocycles. The summed E-state index contributed by atoms with van der Waals surface area (Å²) in [6, 6.07) is 2.86. The second-order valence-corrected chi connectivity index (χ2v) is 7.23. The molecule has 0 aliphatic carbocycles. The van der Waals surface area contributed by atoms with Crippen LogP contribution in [0, 0.1) is 0 Å². The van der Waals surface area contributed by atoms with E-state index in [1.54, 1.807) is 12.1 Å². The number of amides is 2. The van der Waals surface area contributed by atoms with Gasteiger partial charge in [-0.2, -0.15) is 0 Å². The quantitative estimate of drug-likeness (QED) is 0.828. The zero-order chi connectivity index (χ0) is 15.5. The van der Waals surface area contributed by atoms with E-state index in [-0.39, 0.29) is 48.2 Å². The van der Waals surface area contributed by atoms with E-state index in [4.69, 9.17) is 4.42 Å². The topological polar surface area (TPSA) is 96.7 Å². The highest BCUT2D eigenvalue weighted by Crippen LogP contribution is 2.17. The van der Waals surface area contributed by atoms with Crippen molar-refractivity contribution >= 4 is 21.7 Å². The molecule has 2 heterocycles. The van der Waals surface area contributed by atoms with Crippen LogP contribution in [0.4, 0.5) is 0 Å². The Morgan fingerprint density at radius 2 is 2.24 bits per heavy atom. The molecule has 1 N–H and O–H groups in total. The number of nitrogens with zero attached hydrogens (tertiary/aromatic N) is 1. The highest BCUT2D eigenvalue weighted by atomic mass is 32.2. The van der Waals surface area contributed by atoms with Crippen LogP contribution in [0.25, 0.3) is 0 Å². The Kier molecular flexibility index (Phi) is 4.66. The van der Waals surface area contributed by atoms with E-state index in [0.29, 0.717) is 6.42 Å². The van der Waals surface area contributed by atoms with E-state index in [2.05, 4.69) is 5.32 Å². The average Bonchev–Trinajstić information content (AvgIpc) is 3.03. The van der Waals surface area contributed by atoms with Crippen molar-refractivity contribution in [3.8, 4) is 0 Å². The molecule has 0 spiro atoms. The molecule has 116 valence electrons. The molecule has 1 aliphatic heterocycles. The van der Waals surface area contributed by atoms with Gasteiger partial charge in [-0.15, -0.1) is 0 Å². The third kappa shape index (κ3) is 4.07. The van der Waals surface area contributed by atoms with Gasteiger partial charge < -0.3 is 14.6 Å². The van der Waals surface area contributed by atoms with Crippen LogP contribution in [0.3, 0.4) is 0 Å². The molecule has 1 aromatic heterocycles. The SMILES string of the molecule is CC(=O)N(CCNC(=O)c1ccco1)C1CCS(=O)(=O)C1. The van der Waals surface area contributed by atoms with Crippen molar-refractivity contribution in [3.05, 3.63) is 24.2 Å². The molecule has 7 nitrogen and oxygen atoms in total. The second kappa shape index (κ2) is 6.30. The summed E-state index contributed by atoms with van der Waals surface area (Å²) < 4.78 is 27.9. The van der Waals surface area contributed by atoms with Crippen molar-refractivity contribution in [2.75, 3.05) is 24.6 Å². The summed E-state index contributed by atoms with van der Waals surface area (Å²) in [5.41, 5.74) is 0. The third-order valence-electron chi connectivity index (χ3n) is 3.44. The molecule has 0 aromatic carbocycles. The lowest BCUT2D eigenvalue weighted by molar-refractivity contribution is -0.130. The molecule has 21 heavy (non-hydrogen) atoms. The number of furan rings is 1. The number of rotatable bonds is 5. The largest absolute Gasteiger partial charge is 0.459 e. The molecule has 8 heteroatoms. The predicted molar refractivity (Wildman–Crippen MR) is 75.5 cm³/mol. The van der Waals surface area contributed by atoms with Crippen LogP contribution < -0.4 is 5.32 Å². The maximum atomic E-state index is 11.7. The normalized spacial score (nSPS) is 20.1. The van der Waals surface area contributed by atoms with Gasteiger partial charge in [-0.25, -0.2) is 8.42 Å². The number of nitrogens with one attached hydrogen (secondary N) is 1. The Morgan fingerprint density at radius 3 is 2.76 bits per heavy atom. The monoisotopic (exact) mass is 314 g/mol. The van der Waals surface area contributed by atoms with Crippen molar-refractivity contribution in [1.29, 1.82) is 0 Å². The lowest BCUT2D eigenvalue weighted by Crippen LogP contribution is -2.44. The van der Waals surface area contributed by atoms with E-state index in [9.17, 15) is 18.0 Å². The molecule has 1 aliphatic rings. The number of hydrogen-bond donors (Lipinski definition) is 1. The average molecular weight is 314 g/mol. The lowest BCUT2D eigenvalue weighted by Gasteiger charge is -2.27. The maximum absolute atomic E-state index is 11.7. The summed E-state index contributed by atoms with van der Waals surface area (Å²) >= 11 is 0. The molecule has 1 atom stereocenters. The standard InChI is InChI=1S/C13H18N2O5S/c1-10(16)15(11-4-8-21(18,19)9-11)6-5-14-13(17)12-3-2-7-20-12/h2-3,7,11H,4-6,8-9H2,1H3,(H,14,17). The van der Waals surface area contributed by atoms with Gasteiger partial charge in [0.25, 0.3) is 5.91 Å². The molecule has 0 bridgehead atoms. The molecule has 1 unspecified atom stereocenters. The van der Waals surface area contributed by atoms with E-state index in [1.807, 2.05) is 0 Å². The van der Waals surface area contributed by atoms with E-state index < -0.39 is 9.84 Å². The minimum absolute atomic E-state index is 0.00128. The van der Waals surface area contributed by atoms with Crippen molar-refractivity contribution in [1.82, 2.24) is 10.2 Å². The summed E-state index contributed by atoms with van der Waals surface area (Å²) in [6.45, 7) is 1.93. The van der Waals surface area contributed by atoms with Gasteiger partial charge in [0.2, 0.25) is 5.91 Å². The first-order valence-electron chi connectivity index (χ1n) is 6.68. The molecule has 2 amide bonds.